The number of fused-ring (bicyclic) bond motifs is 2. The Labute approximate surface area is 128 Å². The normalized spacial score (nSPS) is 17.3. The summed E-state index contributed by atoms with van der Waals surface area (Å²) in [6, 6.07) is 2.50. The molecule has 0 bridgehead atoms. The predicted molar refractivity (Wildman–Crippen MR) is 82.2 cm³/mol. The number of methoxy groups -OCH3 is 1. The Morgan fingerprint density at radius 1 is 1.41 bits per heavy atom. The van der Waals surface area contributed by atoms with Crippen molar-refractivity contribution in [3.05, 3.63) is 29.1 Å². The van der Waals surface area contributed by atoms with Crippen molar-refractivity contribution in [1.29, 1.82) is 0 Å². The van der Waals surface area contributed by atoms with E-state index in [9.17, 15) is 9.18 Å². The van der Waals surface area contributed by atoms with Crippen LogP contribution in [0.1, 0.15) is 31.4 Å². The Morgan fingerprint density at radius 3 is 2.64 bits per heavy atom. The Morgan fingerprint density at radius 2 is 2.09 bits per heavy atom. The highest BCUT2D eigenvalue weighted by Crippen LogP contribution is 2.54. The lowest BCUT2D eigenvalue weighted by molar-refractivity contribution is 0.191. The van der Waals surface area contributed by atoms with Gasteiger partial charge in [-0.3, -0.25) is 0 Å². The maximum Gasteiger partial charge on any atom is 0.347 e. The van der Waals surface area contributed by atoms with E-state index in [0.29, 0.717) is 23.4 Å². The van der Waals surface area contributed by atoms with Crippen LogP contribution in [0.25, 0.3) is 0 Å². The quantitative estimate of drug-likeness (QED) is 0.610. The number of hydrogen-bond donors (Lipinski definition) is 2. The highest BCUT2D eigenvalue weighted by Gasteiger charge is 2.52. The maximum absolute atomic E-state index is 14.2. The molecular weight excluding hydrogens is 287 g/mol. The average molecular weight is 308 g/mol. The molecule has 3 rings (SSSR count). The van der Waals surface area contributed by atoms with Crippen molar-refractivity contribution >= 4 is 12.0 Å². The van der Waals surface area contributed by atoms with Gasteiger partial charge < -0.3 is 21.1 Å². The molecule has 7 heteroatoms. The summed E-state index contributed by atoms with van der Waals surface area (Å²) in [5, 5.41) is 0. The van der Waals surface area contributed by atoms with E-state index in [4.69, 9.17) is 16.2 Å². The van der Waals surface area contributed by atoms with Crippen molar-refractivity contribution in [3.8, 4) is 5.75 Å². The first-order valence-corrected chi connectivity index (χ1v) is 6.71. The lowest BCUT2D eigenvalue weighted by Crippen LogP contribution is -2.42. The molecule has 1 aliphatic heterocycles. The summed E-state index contributed by atoms with van der Waals surface area (Å²) in [5.41, 5.74) is 11.6. The van der Waals surface area contributed by atoms with Gasteiger partial charge in [0, 0.05) is 23.1 Å². The van der Waals surface area contributed by atoms with Crippen LogP contribution in [0.4, 0.5) is 9.18 Å². The molecule has 0 unspecified atom stereocenters. The van der Waals surface area contributed by atoms with Gasteiger partial charge >= 0.3 is 6.03 Å². The summed E-state index contributed by atoms with van der Waals surface area (Å²) in [6.45, 7) is 0.674. The first-order valence-electron chi connectivity index (χ1n) is 6.71. The largest absolute Gasteiger partial charge is 0.496 e. The molecule has 0 atom stereocenters. The molecule has 0 saturated heterocycles. The third-order valence-corrected chi connectivity index (χ3v) is 4.16. The summed E-state index contributed by atoms with van der Waals surface area (Å²) < 4.78 is 19.5. The molecule has 1 aromatic carbocycles. The number of hydrogen-bond acceptors (Lipinski definition) is 2. The van der Waals surface area contributed by atoms with E-state index in [2.05, 4.69) is 4.99 Å². The van der Waals surface area contributed by atoms with Crippen LogP contribution in [-0.4, -0.2) is 30.5 Å². The van der Waals surface area contributed by atoms with Gasteiger partial charge in [0.1, 0.15) is 11.6 Å². The molecule has 1 fully saturated rings. The first kappa shape index (κ1) is 16.1. The van der Waals surface area contributed by atoms with Crippen molar-refractivity contribution in [3.63, 3.8) is 0 Å². The molecule has 1 saturated carbocycles. The number of carbonyl (C=O) groups excluding carboxylic acids is 1. The van der Waals surface area contributed by atoms with E-state index in [1.54, 1.807) is 6.07 Å². The Hall–Kier alpha value is -2.31. The molecule has 2 amide bonds. The smallest absolute Gasteiger partial charge is 0.347 e. The molecule has 1 aromatic rings. The van der Waals surface area contributed by atoms with Crippen molar-refractivity contribution in [2.75, 3.05) is 13.7 Å². The van der Waals surface area contributed by atoms with Crippen molar-refractivity contribution in [2.24, 2.45) is 16.5 Å². The number of benzene rings is 1. The molecule has 0 aromatic heterocycles. The van der Waals surface area contributed by atoms with E-state index >= 15 is 0 Å². The molecule has 0 radical (unpaired) electrons. The molecule has 1 heterocycles. The fourth-order valence-corrected chi connectivity index (χ4v) is 3.09. The van der Waals surface area contributed by atoms with Gasteiger partial charge in [-0.2, -0.15) is 4.99 Å². The topological polar surface area (TPSA) is 93.9 Å². The fourth-order valence-electron chi connectivity index (χ4n) is 3.09. The van der Waals surface area contributed by atoms with Gasteiger partial charge in [0.05, 0.1) is 13.7 Å². The lowest BCUT2D eigenvalue weighted by atomic mass is 9.86. The Bertz CT molecular complexity index is 637. The molecule has 1 spiro atoms. The number of nitrogens with two attached hydrogens (primary N) is 2. The van der Waals surface area contributed by atoms with Crippen LogP contribution in [0.5, 0.6) is 5.75 Å². The van der Waals surface area contributed by atoms with Crippen LogP contribution in [0.2, 0.25) is 0 Å². The number of aliphatic imine (C=N–C) groups is 1. The van der Waals surface area contributed by atoms with Gasteiger partial charge in [0.15, 0.2) is 5.96 Å². The fraction of sp³-hybridized carbons (Fsp3) is 0.467. The van der Waals surface area contributed by atoms with Crippen molar-refractivity contribution < 1.29 is 13.9 Å². The Kier molecular flexibility index (Phi) is 4.00. The van der Waals surface area contributed by atoms with E-state index in [1.165, 1.54) is 18.1 Å². The number of urea groups is 1. The van der Waals surface area contributed by atoms with Gasteiger partial charge in [-0.25, -0.2) is 9.18 Å². The summed E-state index contributed by atoms with van der Waals surface area (Å²) in [4.78, 5) is 17.2. The third kappa shape index (κ3) is 2.47. The van der Waals surface area contributed by atoms with Gasteiger partial charge in [-0.15, -0.1) is 0 Å². The van der Waals surface area contributed by atoms with Crippen LogP contribution >= 0.6 is 0 Å². The zero-order chi connectivity index (χ0) is 15.2. The highest BCUT2D eigenvalue weighted by molar-refractivity contribution is 5.90. The monoisotopic (exact) mass is 308 g/mol. The molecule has 120 valence electrons. The second kappa shape index (κ2) is 5.47. The van der Waals surface area contributed by atoms with Gasteiger partial charge in [0.25, 0.3) is 0 Å². The van der Waals surface area contributed by atoms with Crippen molar-refractivity contribution in [2.45, 2.75) is 32.2 Å². The molecule has 1 aliphatic carbocycles. The summed E-state index contributed by atoms with van der Waals surface area (Å²) in [7, 11) is 1.53. The molecule has 4 N–H and O–H groups in total. The number of halogens is 1. The number of amides is 2. The van der Waals surface area contributed by atoms with Gasteiger partial charge in [-0.1, -0.05) is 7.43 Å². The number of guanidine groups is 1. The molecule has 2 aliphatic rings. The van der Waals surface area contributed by atoms with E-state index in [-0.39, 0.29) is 31.2 Å². The first-order chi connectivity index (χ1) is 9.97. The zero-order valence-electron chi connectivity index (χ0n) is 11.7. The molecule has 22 heavy (non-hydrogen) atoms. The average Bonchev–Trinajstić information content (AvgIpc) is 3.17. The highest BCUT2D eigenvalue weighted by atomic mass is 19.1. The minimum Gasteiger partial charge on any atom is -0.496 e. The van der Waals surface area contributed by atoms with E-state index < -0.39 is 6.03 Å². The SMILES string of the molecule is C.COc1ccc(F)c2c1CN(C(=O)N=C(N)N)CC21CC1. The molecule has 6 nitrogen and oxygen atoms in total. The lowest BCUT2D eigenvalue weighted by Gasteiger charge is -2.35. The number of ether oxygens (including phenoxy) is 1. The third-order valence-electron chi connectivity index (χ3n) is 4.16. The zero-order valence-corrected chi connectivity index (χ0v) is 11.7. The number of carbonyl (C=O) groups is 1. The maximum atomic E-state index is 14.2. The minimum atomic E-state index is -0.502. The van der Waals surface area contributed by atoms with E-state index in [0.717, 1.165) is 12.8 Å². The summed E-state index contributed by atoms with van der Waals surface area (Å²) in [5.74, 6) is 0.0685. The Balaban J connectivity index is 0.00000176. The van der Waals surface area contributed by atoms with Gasteiger partial charge in [0.2, 0.25) is 0 Å². The molecular formula is C15H21FN4O2. The van der Waals surface area contributed by atoms with Crippen LogP contribution < -0.4 is 16.2 Å². The van der Waals surface area contributed by atoms with Crippen LogP contribution in [0, 0.1) is 5.82 Å². The second-order valence-electron chi connectivity index (χ2n) is 5.56. The number of nitrogens with zero attached hydrogens (tertiary/aromatic N) is 2. The predicted octanol–water partition coefficient (Wildman–Crippen LogP) is 1.71. The van der Waals surface area contributed by atoms with Gasteiger partial charge in [-0.05, 0) is 25.0 Å². The van der Waals surface area contributed by atoms with Crippen LogP contribution in [0.15, 0.2) is 17.1 Å². The van der Waals surface area contributed by atoms with Crippen LogP contribution in [0.3, 0.4) is 0 Å². The second-order valence-corrected chi connectivity index (χ2v) is 5.56. The summed E-state index contributed by atoms with van der Waals surface area (Å²) in [6.07, 6.45) is 1.69. The minimum absolute atomic E-state index is 0. The number of rotatable bonds is 1. The van der Waals surface area contributed by atoms with Crippen LogP contribution in [-0.2, 0) is 12.0 Å². The van der Waals surface area contributed by atoms with E-state index in [1.807, 2.05) is 0 Å². The summed E-state index contributed by atoms with van der Waals surface area (Å²) >= 11 is 0. The standard InChI is InChI=1S/C14H17FN4O2.CH4/c1-21-10-3-2-9(15)11-8(10)6-19(7-14(11)4-5-14)13(20)18-12(16)17;/h2-3H,4-7H2,1H3,(H4,16,17,18,20);1H4. The van der Waals surface area contributed by atoms with Crippen molar-refractivity contribution in [1.82, 2.24) is 4.90 Å².